The molecule has 5 heteroatoms. The first-order chi connectivity index (χ1) is 12.1. The van der Waals surface area contributed by atoms with E-state index in [1.807, 2.05) is 30.3 Å². The molecule has 25 heavy (non-hydrogen) atoms. The zero-order chi connectivity index (χ0) is 17.8. The van der Waals surface area contributed by atoms with Gasteiger partial charge in [-0.15, -0.1) is 0 Å². The molecule has 1 aliphatic carbocycles. The van der Waals surface area contributed by atoms with Crippen LogP contribution in [0, 0.1) is 5.92 Å². The Kier molecular flexibility index (Phi) is 5.53. The van der Waals surface area contributed by atoms with Gasteiger partial charge in [0.1, 0.15) is 0 Å². The zero-order valence-corrected chi connectivity index (χ0v) is 14.8. The Balaban J connectivity index is 1.74. The Morgan fingerprint density at radius 2 is 2.00 bits per heavy atom. The lowest BCUT2D eigenvalue weighted by Crippen LogP contribution is -2.46. The summed E-state index contributed by atoms with van der Waals surface area (Å²) < 4.78 is 0. The molecule has 0 bridgehead atoms. The van der Waals surface area contributed by atoms with Gasteiger partial charge in [-0.05, 0) is 42.5 Å². The van der Waals surface area contributed by atoms with Crippen LogP contribution >= 0.6 is 0 Å². The predicted octanol–water partition coefficient (Wildman–Crippen LogP) is 2.58. The molecule has 1 aliphatic heterocycles. The number of carbonyl (C=O) groups is 2. The topological polar surface area (TPSA) is 75.4 Å². The predicted molar refractivity (Wildman–Crippen MR) is 98.3 cm³/mol. The van der Waals surface area contributed by atoms with Crippen LogP contribution < -0.4 is 11.1 Å². The van der Waals surface area contributed by atoms with E-state index in [1.54, 1.807) is 11.1 Å². The van der Waals surface area contributed by atoms with Crippen molar-refractivity contribution in [3.63, 3.8) is 0 Å². The number of nitrogens with one attached hydrogen (secondary N) is 1. The Bertz CT molecular complexity index is 671. The van der Waals surface area contributed by atoms with Crippen molar-refractivity contribution in [3.05, 3.63) is 41.6 Å². The molecule has 134 valence electrons. The second-order valence-corrected chi connectivity index (χ2v) is 7.05. The molecule has 2 amide bonds. The first kappa shape index (κ1) is 17.7. The van der Waals surface area contributed by atoms with Gasteiger partial charge in [-0.3, -0.25) is 9.59 Å². The molecule has 0 aromatic heterocycles. The molecule has 1 aromatic rings. The summed E-state index contributed by atoms with van der Waals surface area (Å²) in [5.74, 6) is 0.299. The van der Waals surface area contributed by atoms with Crippen LogP contribution in [0.2, 0.25) is 0 Å². The smallest absolute Gasteiger partial charge is 0.223 e. The number of hydrogen-bond acceptors (Lipinski definition) is 3. The molecule has 1 heterocycles. The van der Waals surface area contributed by atoms with E-state index >= 15 is 0 Å². The highest BCUT2D eigenvalue weighted by Crippen LogP contribution is 2.33. The van der Waals surface area contributed by atoms with E-state index in [9.17, 15) is 9.59 Å². The van der Waals surface area contributed by atoms with Gasteiger partial charge in [0, 0.05) is 19.2 Å². The minimum Gasteiger partial charge on any atom is -0.353 e. The average molecular weight is 341 g/mol. The van der Waals surface area contributed by atoms with Crippen molar-refractivity contribution < 1.29 is 9.59 Å². The van der Waals surface area contributed by atoms with Gasteiger partial charge in [0.15, 0.2) is 0 Å². The molecule has 0 spiro atoms. The van der Waals surface area contributed by atoms with Gasteiger partial charge in [0.05, 0.1) is 12.5 Å². The van der Waals surface area contributed by atoms with Crippen molar-refractivity contribution >= 4 is 17.9 Å². The van der Waals surface area contributed by atoms with Gasteiger partial charge in [0.25, 0.3) is 0 Å². The fourth-order valence-electron chi connectivity index (χ4n) is 4.03. The molecule has 3 rings (SSSR count). The normalized spacial score (nSPS) is 25.4. The van der Waals surface area contributed by atoms with E-state index in [4.69, 9.17) is 5.73 Å². The van der Waals surface area contributed by atoms with E-state index in [0.717, 1.165) is 30.4 Å². The number of carbonyl (C=O) groups excluding carboxylic acids is 2. The highest BCUT2D eigenvalue weighted by Gasteiger charge is 2.30. The molecular formula is C20H27N3O2. The summed E-state index contributed by atoms with van der Waals surface area (Å²) in [5, 5.41) is 3.18. The Morgan fingerprint density at radius 3 is 2.76 bits per heavy atom. The van der Waals surface area contributed by atoms with Crippen LogP contribution in [0.4, 0.5) is 0 Å². The van der Waals surface area contributed by atoms with Crippen molar-refractivity contribution in [1.82, 2.24) is 10.2 Å². The zero-order valence-electron chi connectivity index (χ0n) is 14.8. The Hall–Kier alpha value is -2.14. The minimum atomic E-state index is -0.251. The molecule has 3 unspecified atom stereocenters. The molecule has 3 atom stereocenters. The summed E-state index contributed by atoms with van der Waals surface area (Å²) in [4.78, 5) is 26.4. The molecule has 1 aromatic carbocycles. The second kappa shape index (κ2) is 7.83. The van der Waals surface area contributed by atoms with Crippen LogP contribution in [-0.4, -0.2) is 29.3 Å². The third-order valence-electron chi connectivity index (χ3n) is 5.41. The number of nitrogens with zero attached hydrogens (tertiary/aromatic N) is 1. The maximum Gasteiger partial charge on any atom is 0.223 e. The number of nitrogens with two attached hydrogens (primary N) is 1. The number of fused-ring (bicyclic) bond motifs is 1. The van der Waals surface area contributed by atoms with E-state index < -0.39 is 0 Å². The molecule has 3 N–H and O–H groups in total. The van der Waals surface area contributed by atoms with Crippen LogP contribution in [-0.2, 0) is 9.59 Å². The van der Waals surface area contributed by atoms with Crippen LogP contribution in [0.25, 0.3) is 6.08 Å². The first-order valence-electron chi connectivity index (χ1n) is 9.15. The molecule has 2 aliphatic rings. The van der Waals surface area contributed by atoms with Crippen molar-refractivity contribution in [1.29, 1.82) is 0 Å². The lowest BCUT2D eigenvalue weighted by atomic mass is 9.84. The van der Waals surface area contributed by atoms with E-state index in [-0.39, 0.29) is 30.3 Å². The standard InChI is InChI=1S/C20H27N3O2/c1-14(24)23-11-10-15-6-2-4-8-17(15)19(23)12-20(25)22-18-9-5-3-7-16(18)13-21/h2,4,6,8,10-11,16,18-19H,3,5,7,9,12-13,21H2,1H3,(H,22,25). The van der Waals surface area contributed by atoms with Gasteiger partial charge < -0.3 is 16.0 Å². The fraction of sp³-hybridized carbons (Fsp3) is 0.500. The largest absolute Gasteiger partial charge is 0.353 e. The number of rotatable bonds is 4. The molecular weight excluding hydrogens is 314 g/mol. The average Bonchev–Trinajstić information content (AvgIpc) is 2.62. The van der Waals surface area contributed by atoms with E-state index in [0.29, 0.717) is 12.5 Å². The van der Waals surface area contributed by atoms with Gasteiger partial charge >= 0.3 is 0 Å². The minimum absolute atomic E-state index is 0.00768. The maximum atomic E-state index is 12.7. The maximum absolute atomic E-state index is 12.7. The highest BCUT2D eigenvalue weighted by molar-refractivity contribution is 5.82. The van der Waals surface area contributed by atoms with Crippen LogP contribution in [0.5, 0.6) is 0 Å². The lowest BCUT2D eigenvalue weighted by molar-refractivity contribution is -0.130. The summed E-state index contributed by atoms with van der Waals surface area (Å²) in [7, 11) is 0. The third kappa shape index (κ3) is 3.93. The summed E-state index contributed by atoms with van der Waals surface area (Å²) in [6, 6.07) is 7.84. The Labute approximate surface area is 149 Å². The van der Waals surface area contributed by atoms with Crippen molar-refractivity contribution in [2.24, 2.45) is 11.7 Å². The second-order valence-electron chi connectivity index (χ2n) is 7.05. The number of hydrogen-bond donors (Lipinski definition) is 2. The van der Waals surface area contributed by atoms with Crippen LogP contribution in [0.1, 0.15) is 56.2 Å². The van der Waals surface area contributed by atoms with Crippen LogP contribution in [0.15, 0.2) is 30.5 Å². The van der Waals surface area contributed by atoms with E-state index in [1.165, 1.54) is 13.3 Å². The molecule has 5 nitrogen and oxygen atoms in total. The monoisotopic (exact) mass is 341 g/mol. The lowest BCUT2D eigenvalue weighted by Gasteiger charge is -2.34. The van der Waals surface area contributed by atoms with Gasteiger partial charge in [-0.25, -0.2) is 0 Å². The van der Waals surface area contributed by atoms with Crippen molar-refractivity contribution in [3.8, 4) is 0 Å². The summed E-state index contributed by atoms with van der Waals surface area (Å²) in [6.07, 6.45) is 8.38. The summed E-state index contributed by atoms with van der Waals surface area (Å²) in [6.45, 7) is 2.15. The molecule has 1 fully saturated rings. The SMILES string of the molecule is CC(=O)N1C=Cc2ccccc2C1CC(=O)NC1CCCCC1CN. The molecule has 0 radical (unpaired) electrons. The number of amides is 2. The highest BCUT2D eigenvalue weighted by atomic mass is 16.2. The van der Waals surface area contributed by atoms with Gasteiger partial charge in [0.2, 0.25) is 11.8 Å². The van der Waals surface area contributed by atoms with E-state index in [2.05, 4.69) is 5.32 Å². The van der Waals surface area contributed by atoms with Gasteiger partial charge in [-0.1, -0.05) is 37.1 Å². The summed E-state index contributed by atoms with van der Waals surface area (Å²) in [5.41, 5.74) is 7.95. The first-order valence-corrected chi connectivity index (χ1v) is 9.15. The Morgan fingerprint density at radius 1 is 1.24 bits per heavy atom. The fourth-order valence-corrected chi connectivity index (χ4v) is 4.03. The molecule has 0 saturated heterocycles. The molecule has 1 saturated carbocycles. The van der Waals surface area contributed by atoms with Crippen molar-refractivity contribution in [2.75, 3.05) is 6.54 Å². The quantitative estimate of drug-likeness (QED) is 0.884. The van der Waals surface area contributed by atoms with Gasteiger partial charge in [-0.2, -0.15) is 0 Å². The number of benzene rings is 1. The summed E-state index contributed by atoms with van der Waals surface area (Å²) >= 11 is 0. The van der Waals surface area contributed by atoms with Crippen LogP contribution in [0.3, 0.4) is 0 Å². The van der Waals surface area contributed by atoms with Crippen molar-refractivity contribution in [2.45, 2.75) is 51.1 Å². The third-order valence-corrected chi connectivity index (χ3v) is 5.41.